The van der Waals surface area contributed by atoms with E-state index in [4.69, 9.17) is 21.1 Å². The molecule has 0 radical (unpaired) electrons. The number of hydrogen-bond donors (Lipinski definition) is 0. The second-order valence-electron chi connectivity index (χ2n) is 9.46. The summed E-state index contributed by atoms with van der Waals surface area (Å²) in [5.41, 5.74) is -0.753. The molecular weight excluding hydrogens is 582 g/mol. The third-order valence-corrected chi connectivity index (χ3v) is 7.14. The number of esters is 1. The van der Waals surface area contributed by atoms with Crippen LogP contribution in [0.1, 0.15) is 42.5 Å². The number of aromatic nitrogens is 1. The predicted octanol–water partition coefficient (Wildman–Crippen LogP) is 8.08. The Morgan fingerprint density at radius 2 is 1.68 bits per heavy atom. The lowest BCUT2D eigenvalue weighted by atomic mass is 10.1. The molecule has 0 atom stereocenters. The molecule has 3 aromatic rings. The fourth-order valence-corrected chi connectivity index (χ4v) is 5.08. The van der Waals surface area contributed by atoms with Gasteiger partial charge in [-0.3, -0.25) is 4.90 Å². The monoisotopic (exact) mass is 608 g/mol. The van der Waals surface area contributed by atoms with Gasteiger partial charge in [-0.2, -0.15) is 26.3 Å². The van der Waals surface area contributed by atoms with Crippen molar-refractivity contribution in [2.75, 3.05) is 13.2 Å². The Balaban J connectivity index is 1.80. The molecule has 0 spiro atoms. The molecule has 13 heteroatoms. The van der Waals surface area contributed by atoms with E-state index in [2.05, 4.69) is 4.98 Å². The normalized spacial score (nSPS) is 12.6. The number of aryl methyl sites for hydroxylation is 1. The predicted molar refractivity (Wildman–Crippen MR) is 140 cm³/mol. The molecule has 218 valence electrons. The van der Waals surface area contributed by atoms with E-state index >= 15 is 0 Å². The summed E-state index contributed by atoms with van der Waals surface area (Å²) >= 11 is 7.45. The summed E-state index contributed by atoms with van der Waals surface area (Å²) in [4.78, 5) is 18.2. The Kier molecular flexibility index (Phi) is 9.79. The first kappa shape index (κ1) is 31.7. The van der Waals surface area contributed by atoms with Gasteiger partial charge in [0.15, 0.2) is 5.60 Å². The van der Waals surface area contributed by atoms with Crippen molar-refractivity contribution in [3.05, 3.63) is 69.2 Å². The molecule has 0 N–H and O–H groups in total. The van der Waals surface area contributed by atoms with Crippen molar-refractivity contribution in [2.45, 2.75) is 58.7 Å². The maximum absolute atomic E-state index is 13.4. The van der Waals surface area contributed by atoms with Gasteiger partial charge in [0.25, 0.3) is 0 Å². The Labute approximate surface area is 236 Å². The van der Waals surface area contributed by atoms with Gasteiger partial charge in [-0.25, -0.2) is 9.78 Å². The highest BCUT2D eigenvalue weighted by Crippen LogP contribution is 2.35. The molecule has 2 aromatic carbocycles. The molecule has 0 bridgehead atoms. The molecular formula is C27H27ClF6N2O3S. The van der Waals surface area contributed by atoms with Crippen LogP contribution in [0, 0.1) is 6.92 Å². The fourth-order valence-electron chi connectivity index (χ4n) is 3.73. The van der Waals surface area contributed by atoms with Crippen molar-refractivity contribution in [3.63, 3.8) is 0 Å². The minimum atomic E-state index is -4.49. The molecule has 0 saturated heterocycles. The Hall–Kier alpha value is -2.83. The summed E-state index contributed by atoms with van der Waals surface area (Å²) in [5.74, 6) is -0.424. The van der Waals surface area contributed by atoms with E-state index in [-0.39, 0.29) is 30.5 Å². The number of benzene rings is 2. The van der Waals surface area contributed by atoms with Crippen LogP contribution in [0.2, 0.25) is 5.02 Å². The lowest BCUT2D eigenvalue weighted by Crippen LogP contribution is -2.39. The molecule has 0 fully saturated rings. The zero-order valence-corrected chi connectivity index (χ0v) is 23.6. The summed E-state index contributed by atoms with van der Waals surface area (Å²) in [6, 6.07) is 8.94. The van der Waals surface area contributed by atoms with Crippen LogP contribution < -0.4 is 4.74 Å². The van der Waals surface area contributed by atoms with Gasteiger partial charge in [-0.1, -0.05) is 29.8 Å². The molecule has 0 aliphatic rings. The third-order valence-electron chi connectivity index (χ3n) is 5.66. The molecule has 0 aliphatic carbocycles. The van der Waals surface area contributed by atoms with E-state index in [1.54, 1.807) is 19.9 Å². The van der Waals surface area contributed by atoms with Gasteiger partial charge < -0.3 is 9.47 Å². The van der Waals surface area contributed by atoms with E-state index in [1.165, 1.54) is 43.0 Å². The van der Waals surface area contributed by atoms with Crippen molar-refractivity contribution < 1.29 is 40.6 Å². The smallest absolute Gasteiger partial charge is 0.416 e. The number of thiazole rings is 1. The third kappa shape index (κ3) is 8.58. The Morgan fingerprint density at radius 1 is 1.02 bits per heavy atom. The maximum Gasteiger partial charge on any atom is 0.416 e. The van der Waals surface area contributed by atoms with Crippen molar-refractivity contribution in [3.8, 4) is 16.3 Å². The molecule has 0 saturated carbocycles. The van der Waals surface area contributed by atoms with E-state index in [0.29, 0.717) is 26.7 Å². The van der Waals surface area contributed by atoms with Gasteiger partial charge in [0.1, 0.15) is 10.8 Å². The minimum absolute atomic E-state index is 0.102. The van der Waals surface area contributed by atoms with Crippen LogP contribution in [0.15, 0.2) is 42.5 Å². The van der Waals surface area contributed by atoms with Crippen molar-refractivity contribution >= 4 is 28.9 Å². The maximum atomic E-state index is 13.4. The fraction of sp³-hybridized carbons (Fsp3) is 0.407. The highest BCUT2D eigenvalue weighted by atomic mass is 35.5. The van der Waals surface area contributed by atoms with Crippen molar-refractivity contribution in [2.24, 2.45) is 0 Å². The molecule has 1 heterocycles. The summed E-state index contributed by atoms with van der Waals surface area (Å²) in [6.45, 7) is 5.05. The largest absolute Gasteiger partial charge is 0.475 e. The van der Waals surface area contributed by atoms with Gasteiger partial charge in [0.2, 0.25) is 0 Å². The van der Waals surface area contributed by atoms with E-state index in [0.717, 1.165) is 23.5 Å². The zero-order valence-electron chi connectivity index (χ0n) is 22.0. The molecule has 3 rings (SSSR count). The van der Waals surface area contributed by atoms with Gasteiger partial charge in [0, 0.05) is 23.5 Å². The number of carbonyl (C=O) groups excluding carboxylic acids is 1. The number of rotatable bonds is 10. The van der Waals surface area contributed by atoms with Crippen LogP contribution in [0.5, 0.6) is 5.75 Å². The molecule has 0 aliphatic heterocycles. The van der Waals surface area contributed by atoms with Gasteiger partial charge in [0.05, 0.1) is 29.4 Å². The number of hydrogen-bond acceptors (Lipinski definition) is 6. The van der Waals surface area contributed by atoms with Gasteiger partial charge in [-0.15, -0.1) is 11.3 Å². The average Bonchev–Trinajstić information content (AvgIpc) is 3.19. The van der Waals surface area contributed by atoms with E-state index < -0.39 is 36.0 Å². The first-order chi connectivity index (χ1) is 18.5. The average molecular weight is 609 g/mol. The summed E-state index contributed by atoms with van der Waals surface area (Å²) < 4.78 is 89.7. The Morgan fingerprint density at radius 3 is 2.23 bits per heavy atom. The molecule has 40 heavy (non-hydrogen) atoms. The molecule has 0 amide bonds. The SMILES string of the molecule is CCOC(=O)C(C)(C)Oc1ccc(CN(Cc2sc(-c3ccc(C(F)(F)F)cc3)nc2C)CC(F)(F)F)cc1Cl. The number of halogens is 7. The number of nitrogens with zero attached hydrogens (tertiary/aromatic N) is 2. The zero-order chi connectivity index (χ0) is 29.9. The first-order valence-electron chi connectivity index (χ1n) is 12.1. The van der Waals surface area contributed by atoms with Crippen molar-refractivity contribution in [1.29, 1.82) is 0 Å². The van der Waals surface area contributed by atoms with Gasteiger partial charge >= 0.3 is 18.3 Å². The van der Waals surface area contributed by atoms with Crippen LogP contribution in [0.25, 0.3) is 10.6 Å². The summed E-state index contributed by atoms with van der Waals surface area (Å²) in [7, 11) is 0. The first-order valence-corrected chi connectivity index (χ1v) is 13.3. The highest BCUT2D eigenvalue weighted by molar-refractivity contribution is 7.15. The lowest BCUT2D eigenvalue weighted by molar-refractivity contribution is -0.158. The van der Waals surface area contributed by atoms with Crippen LogP contribution in [0.3, 0.4) is 0 Å². The quantitative estimate of drug-likeness (QED) is 0.172. The topological polar surface area (TPSA) is 51.7 Å². The highest BCUT2D eigenvalue weighted by Gasteiger charge is 2.34. The lowest BCUT2D eigenvalue weighted by Gasteiger charge is -2.26. The van der Waals surface area contributed by atoms with Gasteiger partial charge in [-0.05, 0) is 57.5 Å². The molecule has 5 nitrogen and oxygen atoms in total. The van der Waals surface area contributed by atoms with Crippen LogP contribution in [0.4, 0.5) is 26.3 Å². The van der Waals surface area contributed by atoms with Crippen LogP contribution in [-0.2, 0) is 28.8 Å². The number of alkyl halides is 6. The van der Waals surface area contributed by atoms with E-state index in [1.807, 2.05) is 0 Å². The second-order valence-corrected chi connectivity index (χ2v) is 11.0. The van der Waals surface area contributed by atoms with Crippen LogP contribution >= 0.6 is 22.9 Å². The summed E-state index contributed by atoms with van der Waals surface area (Å²) in [6.07, 6.45) is -8.98. The standard InChI is InChI=1S/C27H27ClF6N2O3S/c1-5-38-24(37)25(3,4)39-21-11-6-17(12-20(21)28)13-36(15-26(29,30)31)14-22-16(2)35-23(40-22)18-7-9-19(10-8-18)27(32,33)34/h6-12H,5,13-15H2,1-4H3. The number of carbonyl (C=O) groups is 1. The van der Waals surface area contributed by atoms with E-state index in [9.17, 15) is 31.1 Å². The molecule has 1 aromatic heterocycles. The molecule has 0 unspecified atom stereocenters. The Bertz CT molecular complexity index is 1320. The number of ether oxygens (including phenoxy) is 2. The van der Waals surface area contributed by atoms with Crippen molar-refractivity contribution in [1.82, 2.24) is 9.88 Å². The minimum Gasteiger partial charge on any atom is -0.475 e. The van der Waals surface area contributed by atoms with Crippen LogP contribution in [-0.4, -0.2) is 40.8 Å². The second kappa shape index (κ2) is 12.4. The summed E-state index contributed by atoms with van der Waals surface area (Å²) in [5, 5.41) is 0.516.